The number of morpholine rings is 1. The summed E-state index contributed by atoms with van der Waals surface area (Å²) < 4.78 is 5.24. The molecule has 0 unspecified atom stereocenters. The minimum atomic E-state index is -0.638. The lowest BCUT2D eigenvalue weighted by atomic mass is 10.1. The van der Waals surface area contributed by atoms with Gasteiger partial charge in [0.05, 0.1) is 32.2 Å². The van der Waals surface area contributed by atoms with Gasteiger partial charge in [-0.15, -0.1) is 0 Å². The van der Waals surface area contributed by atoms with Crippen LogP contribution in [0.25, 0.3) is 0 Å². The monoisotopic (exact) mass is 376 g/mol. The molecule has 1 heterocycles. The van der Waals surface area contributed by atoms with Gasteiger partial charge in [0.25, 0.3) is 0 Å². The van der Waals surface area contributed by atoms with E-state index in [1.165, 1.54) is 0 Å². The van der Waals surface area contributed by atoms with Gasteiger partial charge in [-0.05, 0) is 23.6 Å². The summed E-state index contributed by atoms with van der Waals surface area (Å²) in [6.45, 7) is 5.95. The third-order valence-electron chi connectivity index (χ3n) is 4.40. The molecule has 0 aliphatic carbocycles. The Balaban J connectivity index is 1.78. The van der Waals surface area contributed by atoms with Gasteiger partial charge in [0.1, 0.15) is 0 Å². The molecule has 1 fully saturated rings. The second-order valence-electron chi connectivity index (χ2n) is 6.90. The van der Waals surface area contributed by atoms with Crippen molar-refractivity contribution in [3.05, 3.63) is 29.8 Å². The quantitative estimate of drug-likeness (QED) is 0.626. The van der Waals surface area contributed by atoms with Gasteiger partial charge in [0.15, 0.2) is 0 Å². The Hall–Kier alpha value is -2.45. The van der Waals surface area contributed by atoms with Crippen LogP contribution in [0.5, 0.6) is 0 Å². The van der Waals surface area contributed by atoms with E-state index in [1.807, 2.05) is 13.8 Å². The van der Waals surface area contributed by atoms with E-state index in [0.717, 1.165) is 5.56 Å². The average Bonchev–Trinajstić information content (AvgIpc) is 2.67. The predicted molar refractivity (Wildman–Crippen MR) is 102 cm³/mol. The summed E-state index contributed by atoms with van der Waals surface area (Å²) in [5, 5.41) is 5.22. The molecular formula is C19H28N4O4. The summed E-state index contributed by atoms with van der Waals surface area (Å²) in [5.74, 6) is -0.617. The van der Waals surface area contributed by atoms with Crippen molar-refractivity contribution >= 4 is 23.4 Å². The van der Waals surface area contributed by atoms with Gasteiger partial charge in [-0.25, -0.2) is 0 Å². The molecule has 4 N–H and O–H groups in total. The highest BCUT2D eigenvalue weighted by Gasteiger charge is 2.18. The van der Waals surface area contributed by atoms with Crippen LogP contribution in [0.2, 0.25) is 0 Å². The molecule has 8 nitrogen and oxygen atoms in total. The molecule has 0 aromatic heterocycles. The van der Waals surface area contributed by atoms with Crippen LogP contribution in [0, 0.1) is 5.92 Å². The van der Waals surface area contributed by atoms with Crippen molar-refractivity contribution in [2.24, 2.45) is 11.7 Å². The van der Waals surface area contributed by atoms with Crippen LogP contribution in [0.3, 0.4) is 0 Å². The normalized spacial score (nSPS) is 15.3. The third kappa shape index (κ3) is 6.65. The third-order valence-corrected chi connectivity index (χ3v) is 4.40. The smallest absolute Gasteiger partial charge is 0.243 e. The Morgan fingerprint density at radius 1 is 1.15 bits per heavy atom. The van der Waals surface area contributed by atoms with Crippen LogP contribution in [0.4, 0.5) is 5.69 Å². The molecule has 0 bridgehead atoms. The largest absolute Gasteiger partial charge is 0.378 e. The van der Waals surface area contributed by atoms with Gasteiger partial charge in [0, 0.05) is 18.8 Å². The molecule has 0 saturated carbocycles. The highest BCUT2D eigenvalue weighted by molar-refractivity contribution is 5.95. The topological polar surface area (TPSA) is 114 Å². The molecule has 1 aromatic rings. The molecule has 27 heavy (non-hydrogen) atoms. The van der Waals surface area contributed by atoms with E-state index < -0.39 is 6.04 Å². The SMILES string of the molecule is CC(C)[C@H](N)C(=O)NCC(=O)Nc1ccc(CC(=O)N2CCOCC2)cc1. The maximum atomic E-state index is 12.2. The van der Waals surface area contributed by atoms with Crippen molar-refractivity contribution in [2.45, 2.75) is 26.3 Å². The van der Waals surface area contributed by atoms with E-state index in [2.05, 4.69) is 10.6 Å². The molecule has 0 spiro atoms. The number of carbonyl (C=O) groups is 3. The standard InChI is InChI=1S/C19H28N4O4/c1-13(2)18(20)19(26)21-12-16(24)22-15-5-3-14(4-6-15)11-17(25)23-7-9-27-10-8-23/h3-6,13,18H,7-12,20H2,1-2H3,(H,21,26)(H,22,24)/t18-/m0/s1. The summed E-state index contributed by atoms with van der Waals surface area (Å²) in [4.78, 5) is 37.7. The van der Waals surface area contributed by atoms with Crippen LogP contribution in [-0.2, 0) is 25.5 Å². The second kappa shape index (κ2) is 10.0. The van der Waals surface area contributed by atoms with Gasteiger partial charge in [-0.3, -0.25) is 14.4 Å². The minimum Gasteiger partial charge on any atom is -0.378 e. The van der Waals surface area contributed by atoms with E-state index in [1.54, 1.807) is 29.2 Å². The Bertz CT molecular complexity index is 654. The highest BCUT2D eigenvalue weighted by Crippen LogP contribution is 2.11. The minimum absolute atomic E-state index is 0.000721. The van der Waals surface area contributed by atoms with E-state index in [4.69, 9.17) is 10.5 Å². The molecule has 1 saturated heterocycles. The summed E-state index contributed by atoms with van der Waals surface area (Å²) in [7, 11) is 0. The number of hydrogen-bond donors (Lipinski definition) is 3. The number of ether oxygens (including phenoxy) is 1. The fourth-order valence-electron chi connectivity index (χ4n) is 2.60. The van der Waals surface area contributed by atoms with Gasteiger partial charge < -0.3 is 26.0 Å². The Morgan fingerprint density at radius 3 is 2.37 bits per heavy atom. The summed E-state index contributed by atoms with van der Waals surface area (Å²) >= 11 is 0. The molecule has 2 rings (SSSR count). The predicted octanol–water partition coefficient (Wildman–Crippen LogP) is 0.126. The molecule has 148 valence electrons. The van der Waals surface area contributed by atoms with Crippen molar-refractivity contribution in [3.8, 4) is 0 Å². The van der Waals surface area contributed by atoms with Crippen LogP contribution >= 0.6 is 0 Å². The van der Waals surface area contributed by atoms with E-state index >= 15 is 0 Å². The van der Waals surface area contributed by atoms with E-state index in [9.17, 15) is 14.4 Å². The van der Waals surface area contributed by atoms with Crippen molar-refractivity contribution in [1.29, 1.82) is 0 Å². The number of hydrogen-bond acceptors (Lipinski definition) is 5. The number of anilines is 1. The summed E-state index contributed by atoms with van der Waals surface area (Å²) in [6, 6.07) is 6.45. The first-order chi connectivity index (χ1) is 12.9. The summed E-state index contributed by atoms with van der Waals surface area (Å²) in [5.41, 5.74) is 7.20. The zero-order valence-electron chi connectivity index (χ0n) is 15.9. The van der Waals surface area contributed by atoms with Crippen molar-refractivity contribution in [3.63, 3.8) is 0 Å². The Labute approximate surface area is 159 Å². The van der Waals surface area contributed by atoms with Crippen LogP contribution in [0.1, 0.15) is 19.4 Å². The zero-order chi connectivity index (χ0) is 19.8. The first kappa shape index (κ1) is 20.9. The number of carbonyl (C=O) groups excluding carboxylic acids is 3. The van der Waals surface area contributed by atoms with Gasteiger partial charge in [-0.2, -0.15) is 0 Å². The maximum absolute atomic E-state index is 12.2. The fraction of sp³-hybridized carbons (Fsp3) is 0.526. The number of benzene rings is 1. The number of amides is 3. The lowest BCUT2D eigenvalue weighted by molar-refractivity contribution is -0.134. The first-order valence-electron chi connectivity index (χ1n) is 9.14. The van der Waals surface area contributed by atoms with Crippen molar-refractivity contribution in [2.75, 3.05) is 38.2 Å². The molecule has 8 heteroatoms. The lowest BCUT2D eigenvalue weighted by Crippen LogP contribution is -2.46. The summed E-state index contributed by atoms with van der Waals surface area (Å²) in [6.07, 6.45) is 0.317. The number of rotatable bonds is 7. The molecule has 1 atom stereocenters. The Kier molecular flexibility index (Phi) is 7.75. The van der Waals surface area contributed by atoms with Crippen LogP contribution in [0.15, 0.2) is 24.3 Å². The molecule has 1 aromatic carbocycles. The van der Waals surface area contributed by atoms with E-state index in [0.29, 0.717) is 38.4 Å². The Morgan fingerprint density at radius 2 is 1.78 bits per heavy atom. The highest BCUT2D eigenvalue weighted by atomic mass is 16.5. The van der Waals surface area contributed by atoms with Crippen molar-refractivity contribution in [1.82, 2.24) is 10.2 Å². The molecule has 0 radical (unpaired) electrons. The lowest BCUT2D eigenvalue weighted by Gasteiger charge is -2.26. The van der Waals surface area contributed by atoms with Gasteiger partial charge in [0.2, 0.25) is 17.7 Å². The molecule has 1 aliphatic rings. The fourth-order valence-corrected chi connectivity index (χ4v) is 2.60. The first-order valence-corrected chi connectivity index (χ1v) is 9.14. The zero-order valence-corrected chi connectivity index (χ0v) is 15.9. The molecular weight excluding hydrogens is 348 g/mol. The average molecular weight is 376 g/mol. The maximum Gasteiger partial charge on any atom is 0.243 e. The van der Waals surface area contributed by atoms with Crippen LogP contribution in [-0.4, -0.2) is 61.5 Å². The van der Waals surface area contributed by atoms with Crippen molar-refractivity contribution < 1.29 is 19.1 Å². The second-order valence-corrected chi connectivity index (χ2v) is 6.90. The molecule has 1 aliphatic heterocycles. The van der Waals surface area contributed by atoms with E-state index in [-0.39, 0.29) is 30.2 Å². The number of nitrogens with one attached hydrogen (secondary N) is 2. The number of nitrogens with zero attached hydrogens (tertiary/aromatic N) is 1. The van der Waals surface area contributed by atoms with Gasteiger partial charge in [-0.1, -0.05) is 26.0 Å². The molecule has 3 amide bonds. The van der Waals surface area contributed by atoms with Crippen LogP contribution < -0.4 is 16.4 Å². The van der Waals surface area contributed by atoms with Gasteiger partial charge >= 0.3 is 0 Å². The number of nitrogens with two attached hydrogens (primary N) is 1.